The molecule has 1 aliphatic rings. The van der Waals surface area contributed by atoms with Crippen LogP contribution in [0.15, 0.2) is 200 Å². The van der Waals surface area contributed by atoms with Crippen LogP contribution in [0.25, 0.3) is 66.1 Å². The summed E-state index contributed by atoms with van der Waals surface area (Å²) in [6, 6.07) is 73.4. The quantitative estimate of drug-likeness (QED) is 0.168. The first-order valence-electron chi connectivity index (χ1n) is 18.9. The molecule has 0 saturated carbocycles. The number of benzene rings is 9. The van der Waals surface area contributed by atoms with Gasteiger partial charge in [-0.25, -0.2) is 0 Å². The highest BCUT2D eigenvalue weighted by molar-refractivity contribution is 6.09. The van der Waals surface area contributed by atoms with Crippen molar-refractivity contribution in [3.05, 3.63) is 211 Å². The molecule has 0 heterocycles. The topological polar surface area (TPSA) is 3.24 Å². The maximum atomic E-state index is 2.48. The molecule has 0 aromatic heterocycles. The maximum absolute atomic E-state index is 2.48. The third-order valence-corrected chi connectivity index (χ3v) is 11.5. The van der Waals surface area contributed by atoms with E-state index >= 15 is 0 Å². The van der Waals surface area contributed by atoms with Gasteiger partial charge in [0.15, 0.2) is 0 Å². The average molecular weight is 690 g/mol. The third kappa shape index (κ3) is 5.16. The lowest BCUT2D eigenvalue weighted by Gasteiger charge is -2.31. The largest absolute Gasteiger partial charge is 0.309 e. The molecular formula is C53H39N. The molecule has 1 nitrogen and oxygen atoms in total. The molecule has 0 spiro atoms. The van der Waals surface area contributed by atoms with Gasteiger partial charge in [0.1, 0.15) is 0 Å². The maximum Gasteiger partial charge on any atom is 0.0546 e. The van der Waals surface area contributed by atoms with Crippen LogP contribution < -0.4 is 4.90 Å². The second kappa shape index (κ2) is 12.8. The van der Waals surface area contributed by atoms with Crippen molar-refractivity contribution in [1.82, 2.24) is 0 Å². The lowest BCUT2D eigenvalue weighted by molar-refractivity contribution is 0.660. The van der Waals surface area contributed by atoms with Gasteiger partial charge in [-0.1, -0.05) is 184 Å². The third-order valence-electron chi connectivity index (χ3n) is 11.5. The zero-order valence-corrected chi connectivity index (χ0v) is 30.5. The minimum atomic E-state index is -0.0491. The Morgan fingerprint density at radius 1 is 0.352 bits per heavy atom. The Balaban J connectivity index is 1.20. The van der Waals surface area contributed by atoms with Crippen LogP contribution in [-0.4, -0.2) is 0 Å². The monoisotopic (exact) mass is 689 g/mol. The molecule has 0 bridgehead atoms. The van der Waals surface area contributed by atoms with E-state index in [9.17, 15) is 0 Å². The minimum absolute atomic E-state index is 0.0491. The number of hydrogen-bond acceptors (Lipinski definition) is 1. The number of nitrogens with zero attached hydrogens (tertiary/aromatic N) is 1. The first kappa shape index (κ1) is 32.0. The Morgan fingerprint density at radius 3 is 1.43 bits per heavy atom. The van der Waals surface area contributed by atoms with E-state index in [2.05, 4.69) is 219 Å². The molecule has 0 radical (unpaired) electrons. The summed E-state index contributed by atoms with van der Waals surface area (Å²) in [6.45, 7) is 4.70. The van der Waals surface area contributed by atoms with Crippen molar-refractivity contribution in [2.24, 2.45) is 0 Å². The van der Waals surface area contributed by atoms with Gasteiger partial charge < -0.3 is 4.90 Å². The summed E-state index contributed by atoms with van der Waals surface area (Å²) in [5.74, 6) is 0. The van der Waals surface area contributed by atoms with Gasteiger partial charge in [0.2, 0.25) is 0 Å². The SMILES string of the molecule is CC1(C)c2ccccc2-c2ccc(-c3ccc(N(c4ccc5ccccc5c4-c4ccccc4)c4ccc5ccccc5c4-c4ccccc4)cc3)cc21. The van der Waals surface area contributed by atoms with Crippen molar-refractivity contribution in [1.29, 1.82) is 0 Å². The second-order valence-corrected chi connectivity index (χ2v) is 14.9. The molecule has 0 amide bonds. The zero-order valence-electron chi connectivity index (χ0n) is 30.5. The van der Waals surface area contributed by atoms with Crippen molar-refractivity contribution in [2.75, 3.05) is 4.90 Å². The van der Waals surface area contributed by atoms with Gasteiger partial charge in [-0.2, -0.15) is 0 Å². The van der Waals surface area contributed by atoms with Crippen LogP contribution in [0.1, 0.15) is 25.0 Å². The van der Waals surface area contributed by atoms with E-state index < -0.39 is 0 Å². The average Bonchev–Trinajstić information content (AvgIpc) is 3.47. The summed E-state index contributed by atoms with van der Waals surface area (Å²) in [5, 5.41) is 4.90. The molecule has 1 aliphatic carbocycles. The first-order valence-corrected chi connectivity index (χ1v) is 18.9. The highest BCUT2D eigenvalue weighted by atomic mass is 15.1. The lowest BCUT2D eigenvalue weighted by atomic mass is 9.81. The fourth-order valence-electron chi connectivity index (χ4n) is 8.80. The van der Waals surface area contributed by atoms with Gasteiger partial charge in [-0.15, -0.1) is 0 Å². The van der Waals surface area contributed by atoms with Gasteiger partial charge in [0, 0.05) is 22.2 Å². The van der Waals surface area contributed by atoms with Crippen molar-refractivity contribution in [3.8, 4) is 44.5 Å². The van der Waals surface area contributed by atoms with Gasteiger partial charge in [0.25, 0.3) is 0 Å². The van der Waals surface area contributed by atoms with Crippen LogP contribution in [0.4, 0.5) is 17.1 Å². The summed E-state index contributed by atoms with van der Waals surface area (Å²) >= 11 is 0. The Hall–Kier alpha value is -6.70. The van der Waals surface area contributed by atoms with Crippen LogP contribution >= 0.6 is 0 Å². The summed E-state index contributed by atoms with van der Waals surface area (Å²) < 4.78 is 0. The molecule has 9 aromatic rings. The lowest BCUT2D eigenvalue weighted by Crippen LogP contribution is -2.14. The van der Waals surface area contributed by atoms with Crippen LogP contribution in [0.5, 0.6) is 0 Å². The van der Waals surface area contributed by atoms with Crippen molar-refractivity contribution in [3.63, 3.8) is 0 Å². The number of fused-ring (bicyclic) bond motifs is 5. The summed E-state index contributed by atoms with van der Waals surface area (Å²) in [5.41, 5.74) is 16.1. The Labute approximate surface area is 317 Å². The summed E-state index contributed by atoms with van der Waals surface area (Å²) in [7, 11) is 0. The van der Waals surface area contributed by atoms with Crippen LogP contribution in [0, 0.1) is 0 Å². The van der Waals surface area contributed by atoms with Crippen molar-refractivity contribution < 1.29 is 0 Å². The molecule has 0 unspecified atom stereocenters. The van der Waals surface area contributed by atoms with E-state index in [0.29, 0.717) is 0 Å². The van der Waals surface area contributed by atoms with Crippen LogP contribution in [0.2, 0.25) is 0 Å². The van der Waals surface area contributed by atoms with Crippen LogP contribution in [-0.2, 0) is 5.41 Å². The first-order chi connectivity index (χ1) is 26.6. The fourth-order valence-corrected chi connectivity index (χ4v) is 8.80. The second-order valence-electron chi connectivity index (χ2n) is 14.9. The number of hydrogen-bond donors (Lipinski definition) is 0. The van der Waals surface area contributed by atoms with E-state index in [4.69, 9.17) is 0 Å². The standard InChI is InChI=1S/C53H39N/c1-53(2)47-24-14-13-23-45(47)46-32-27-41(35-48(46)53)36-25-30-42(31-26-36)54(49-33-28-37-15-9-11-21-43(37)51(49)39-17-5-3-6-18-39)50-34-29-38-16-10-12-22-44(38)52(50)40-19-7-4-8-20-40/h3-35H,1-2H3. The van der Waals surface area contributed by atoms with Crippen LogP contribution in [0.3, 0.4) is 0 Å². The van der Waals surface area contributed by atoms with E-state index in [1.807, 2.05) is 0 Å². The normalized spacial score (nSPS) is 12.8. The fraction of sp³-hybridized carbons (Fsp3) is 0.0566. The number of anilines is 3. The molecule has 0 N–H and O–H groups in total. The highest BCUT2D eigenvalue weighted by Crippen LogP contribution is 2.51. The van der Waals surface area contributed by atoms with E-state index in [0.717, 1.165) is 17.1 Å². The molecule has 0 saturated heterocycles. The van der Waals surface area contributed by atoms with Gasteiger partial charge in [0.05, 0.1) is 11.4 Å². The zero-order chi connectivity index (χ0) is 36.2. The molecular weight excluding hydrogens is 651 g/mol. The van der Waals surface area contributed by atoms with Gasteiger partial charge >= 0.3 is 0 Å². The van der Waals surface area contributed by atoms with E-state index in [1.165, 1.54) is 77.2 Å². The van der Waals surface area contributed by atoms with E-state index in [1.54, 1.807) is 0 Å². The highest BCUT2D eigenvalue weighted by Gasteiger charge is 2.35. The summed E-state index contributed by atoms with van der Waals surface area (Å²) in [6.07, 6.45) is 0. The van der Waals surface area contributed by atoms with Crippen molar-refractivity contribution in [2.45, 2.75) is 19.3 Å². The molecule has 256 valence electrons. The Bertz CT molecular complexity index is 2710. The Morgan fingerprint density at radius 2 is 0.833 bits per heavy atom. The minimum Gasteiger partial charge on any atom is -0.309 e. The Kier molecular flexibility index (Phi) is 7.56. The smallest absolute Gasteiger partial charge is 0.0546 e. The van der Waals surface area contributed by atoms with Crippen molar-refractivity contribution >= 4 is 38.6 Å². The molecule has 1 heteroatoms. The van der Waals surface area contributed by atoms with Gasteiger partial charge in [-0.3, -0.25) is 0 Å². The molecule has 54 heavy (non-hydrogen) atoms. The predicted molar refractivity (Wildman–Crippen MR) is 230 cm³/mol. The molecule has 0 aliphatic heterocycles. The molecule has 10 rings (SSSR count). The van der Waals surface area contributed by atoms with Gasteiger partial charge in [-0.05, 0) is 96.4 Å². The number of rotatable bonds is 6. The van der Waals surface area contributed by atoms with E-state index in [-0.39, 0.29) is 5.41 Å². The molecule has 9 aromatic carbocycles. The predicted octanol–water partition coefficient (Wildman–Crippen LogP) is 14.8. The molecule has 0 fully saturated rings. The molecule has 0 atom stereocenters. The summed E-state index contributed by atoms with van der Waals surface area (Å²) in [4.78, 5) is 2.48.